The van der Waals surface area contributed by atoms with E-state index in [4.69, 9.17) is 9.47 Å². The number of pyridine rings is 1. The molecule has 0 radical (unpaired) electrons. The topological polar surface area (TPSA) is 102 Å². The first kappa shape index (κ1) is 25.9. The highest BCUT2D eigenvalue weighted by Gasteiger charge is 2.27. The maximum absolute atomic E-state index is 15.0. The molecule has 11 heteroatoms. The van der Waals surface area contributed by atoms with Crippen LogP contribution in [0.4, 0.5) is 8.78 Å². The molecule has 36 heavy (non-hydrogen) atoms. The van der Waals surface area contributed by atoms with Crippen molar-refractivity contribution in [3.63, 3.8) is 0 Å². The largest absolute Gasteiger partial charge is 0.479 e. The standard InChI is InChI=1S/C25H28F2N4O4S/c1-34-8-4-3-5-17(23(33)28-13-21(32)30-16-6-7-16)25-31-22-18(26)9-14(11-20(22)36-25)15-10-19(27)24(35-2)29-12-15/h9-12,16-17H,3-8,13H2,1-2H3,(H,28,33)(H,30,32). The minimum Gasteiger partial charge on any atom is -0.479 e. The molecule has 0 saturated heterocycles. The molecule has 2 heterocycles. The maximum Gasteiger partial charge on any atom is 0.250 e. The lowest BCUT2D eigenvalue weighted by atomic mass is 10.0. The molecule has 4 rings (SSSR count). The third-order valence-corrected chi connectivity index (χ3v) is 6.99. The van der Waals surface area contributed by atoms with Crippen LogP contribution in [0.25, 0.3) is 21.3 Å². The molecule has 2 amide bonds. The molecule has 1 aliphatic rings. The number of unbranched alkanes of at least 4 members (excludes halogenated alkanes) is 1. The molecule has 1 fully saturated rings. The maximum atomic E-state index is 15.0. The summed E-state index contributed by atoms with van der Waals surface area (Å²) >= 11 is 1.20. The Kier molecular flexibility index (Phi) is 8.42. The summed E-state index contributed by atoms with van der Waals surface area (Å²) in [6, 6.07) is 4.40. The first-order valence-corrected chi connectivity index (χ1v) is 12.6. The number of benzene rings is 1. The molecule has 1 saturated carbocycles. The quantitative estimate of drug-likeness (QED) is 0.352. The van der Waals surface area contributed by atoms with E-state index in [2.05, 4.69) is 20.6 Å². The molecule has 3 aromatic rings. The summed E-state index contributed by atoms with van der Waals surface area (Å²) in [7, 11) is 2.93. The highest BCUT2D eigenvalue weighted by atomic mass is 32.1. The monoisotopic (exact) mass is 518 g/mol. The molecule has 1 unspecified atom stereocenters. The lowest BCUT2D eigenvalue weighted by molar-refractivity contribution is -0.127. The number of fused-ring (bicyclic) bond motifs is 1. The summed E-state index contributed by atoms with van der Waals surface area (Å²) in [6.07, 6.45) is 5.24. The lowest BCUT2D eigenvalue weighted by Crippen LogP contribution is -2.39. The van der Waals surface area contributed by atoms with E-state index < -0.39 is 17.6 Å². The van der Waals surface area contributed by atoms with Gasteiger partial charge in [-0.15, -0.1) is 11.3 Å². The van der Waals surface area contributed by atoms with Crippen molar-refractivity contribution in [1.82, 2.24) is 20.6 Å². The predicted molar refractivity (Wildman–Crippen MR) is 132 cm³/mol. The Morgan fingerprint density at radius 1 is 1.14 bits per heavy atom. The van der Waals surface area contributed by atoms with Gasteiger partial charge in [-0.2, -0.15) is 0 Å². The second-order valence-corrected chi connectivity index (χ2v) is 9.73. The number of hydrogen-bond acceptors (Lipinski definition) is 7. The van der Waals surface area contributed by atoms with Gasteiger partial charge in [0.25, 0.3) is 0 Å². The van der Waals surface area contributed by atoms with Crippen LogP contribution in [0, 0.1) is 11.6 Å². The van der Waals surface area contributed by atoms with Crippen LogP contribution in [0.3, 0.4) is 0 Å². The first-order valence-electron chi connectivity index (χ1n) is 11.8. The van der Waals surface area contributed by atoms with Gasteiger partial charge in [-0.1, -0.05) is 0 Å². The van der Waals surface area contributed by atoms with Crippen molar-refractivity contribution in [2.45, 2.75) is 44.1 Å². The Labute approximate surface area is 211 Å². The fraction of sp³-hybridized carbons (Fsp3) is 0.440. The molecule has 0 aliphatic heterocycles. The van der Waals surface area contributed by atoms with Gasteiger partial charge in [0.15, 0.2) is 11.6 Å². The average molecular weight is 519 g/mol. The van der Waals surface area contributed by atoms with Crippen LogP contribution in [0.15, 0.2) is 24.4 Å². The molecule has 192 valence electrons. The van der Waals surface area contributed by atoms with Crippen molar-refractivity contribution < 1.29 is 27.8 Å². The van der Waals surface area contributed by atoms with Crippen molar-refractivity contribution in [1.29, 1.82) is 0 Å². The van der Waals surface area contributed by atoms with Crippen LogP contribution in [0.2, 0.25) is 0 Å². The third-order valence-electron chi connectivity index (χ3n) is 5.87. The van der Waals surface area contributed by atoms with E-state index in [-0.39, 0.29) is 35.8 Å². The Balaban J connectivity index is 1.57. The number of hydrogen-bond donors (Lipinski definition) is 2. The second kappa shape index (κ2) is 11.7. The van der Waals surface area contributed by atoms with E-state index in [1.807, 2.05) is 0 Å². The van der Waals surface area contributed by atoms with E-state index in [0.29, 0.717) is 40.3 Å². The molecule has 1 atom stereocenters. The number of amides is 2. The fourth-order valence-electron chi connectivity index (χ4n) is 3.81. The van der Waals surface area contributed by atoms with Crippen molar-refractivity contribution in [2.24, 2.45) is 0 Å². The van der Waals surface area contributed by atoms with Gasteiger partial charge in [0, 0.05) is 31.5 Å². The normalized spacial score (nSPS) is 14.0. The van der Waals surface area contributed by atoms with Gasteiger partial charge in [-0.25, -0.2) is 18.7 Å². The number of methoxy groups -OCH3 is 2. The number of carbonyl (C=O) groups is 2. The SMILES string of the molecule is COCCCCC(C(=O)NCC(=O)NC1CC1)c1nc2c(F)cc(-c3cnc(OC)c(F)c3)cc2s1. The smallest absolute Gasteiger partial charge is 0.250 e. The van der Waals surface area contributed by atoms with Crippen LogP contribution >= 0.6 is 11.3 Å². The molecule has 0 bridgehead atoms. The Morgan fingerprint density at radius 3 is 2.61 bits per heavy atom. The van der Waals surface area contributed by atoms with Gasteiger partial charge in [-0.3, -0.25) is 9.59 Å². The summed E-state index contributed by atoms with van der Waals surface area (Å²) < 4.78 is 39.6. The van der Waals surface area contributed by atoms with Crippen molar-refractivity contribution in [2.75, 3.05) is 27.4 Å². The molecule has 0 spiro atoms. The van der Waals surface area contributed by atoms with E-state index in [0.717, 1.165) is 19.3 Å². The first-order chi connectivity index (χ1) is 17.4. The molecular weight excluding hydrogens is 490 g/mol. The summed E-state index contributed by atoms with van der Waals surface area (Å²) in [5.41, 5.74) is 0.962. The van der Waals surface area contributed by atoms with Crippen LogP contribution in [0.1, 0.15) is 43.0 Å². The average Bonchev–Trinajstić information content (AvgIpc) is 3.57. The molecule has 2 N–H and O–H groups in total. The van der Waals surface area contributed by atoms with E-state index >= 15 is 4.39 Å². The van der Waals surface area contributed by atoms with E-state index in [9.17, 15) is 14.0 Å². The Bertz CT molecular complexity index is 1250. The number of halogens is 2. The van der Waals surface area contributed by atoms with Gasteiger partial charge in [0.05, 0.1) is 24.3 Å². The third kappa shape index (κ3) is 6.33. The van der Waals surface area contributed by atoms with Gasteiger partial charge < -0.3 is 20.1 Å². The van der Waals surface area contributed by atoms with Crippen molar-refractivity contribution in [3.8, 4) is 17.0 Å². The number of aromatic nitrogens is 2. The zero-order chi connectivity index (χ0) is 25.7. The van der Waals surface area contributed by atoms with Gasteiger partial charge in [0.2, 0.25) is 17.7 Å². The number of ether oxygens (including phenoxy) is 2. The summed E-state index contributed by atoms with van der Waals surface area (Å²) in [5, 5.41) is 5.99. The highest BCUT2D eigenvalue weighted by molar-refractivity contribution is 7.18. The molecule has 8 nitrogen and oxygen atoms in total. The van der Waals surface area contributed by atoms with Crippen molar-refractivity contribution >= 4 is 33.4 Å². The predicted octanol–water partition coefficient (Wildman–Crippen LogP) is 3.94. The van der Waals surface area contributed by atoms with Gasteiger partial charge >= 0.3 is 0 Å². The lowest BCUT2D eigenvalue weighted by Gasteiger charge is -2.14. The zero-order valence-corrected chi connectivity index (χ0v) is 20.9. The highest BCUT2D eigenvalue weighted by Crippen LogP contribution is 2.35. The van der Waals surface area contributed by atoms with E-state index in [1.54, 1.807) is 13.2 Å². The number of carbonyl (C=O) groups excluding carboxylic acids is 2. The number of nitrogens with one attached hydrogen (secondary N) is 2. The van der Waals surface area contributed by atoms with Crippen LogP contribution in [-0.4, -0.2) is 55.2 Å². The Morgan fingerprint density at radius 2 is 1.92 bits per heavy atom. The molecule has 2 aromatic heterocycles. The van der Waals surface area contributed by atoms with Crippen LogP contribution < -0.4 is 15.4 Å². The number of rotatable bonds is 12. The molecular formula is C25H28F2N4O4S. The van der Waals surface area contributed by atoms with Gasteiger partial charge in [0.1, 0.15) is 10.5 Å². The number of nitrogens with zero attached hydrogens (tertiary/aromatic N) is 2. The van der Waals surface area contributed by atoms with Crippen LogP contribution in [-0.2, 0) is 14.3 Å². The van der Waals surface area contributed by atoms with E-state index in [1.165, 1.54) is 36.8 Å². The fourth-order valence-corrected chi connectivity index (χ4v) is 4.97. The van der Waals surface area contributed by atoms with Crippen LogP contribution in [0.5, 0.6) is 5.88 Å². The molecule has 1 aliphatic carbocycles. The second-order valence-electron chi connectivity index (χ2n) is 8.67. The summed E-state index contributed by atoms with van der Waals surface area (Å²) in [5.74, 6) is -2.59. The Hall–Kier alpha value is -3.18. The minimum atomic E-state index is -0.654. The zero-order valence-electron chi connectivity index (χ0n) is 20.1. The number of thiazole rings is 1. The summed E-state index contributed by atoms with van der Waals surface area (Å²) in [6.45, 7) is 0.436. The van der Waals surface area contributed by atoms with Crippen molar-refractivity contribution in [3.05, 3.63) is 41.0 Å². The van der Waals surface area contributed by atoms with Gasteiger partial charge in [-0.05, 0) is 55.9 Å². The minimum absolute atomic E-state index is 0.122. The molecule has 1 aromatic carbocycles. The summed E-state index contributed by atoms with van der Waals surface area (Å²) in [4.78, 5) is 33.4.